The van der Waals surface area contributed by atoms with E-state index in [0.29, 0.717) is 19.6 Å². The Bertz CT molecular complexity index is 603. The third kappa shape index (κ3) is 4.98. The van der Waals surface area contributed by atoms with Gasteiger partial charge in [0.05, 0.1) is 6.54 Å². The van der Waals surface area contributed by atoms with E-state index in [1.54, 1.807) is 11.9 Å². The number of hydrogen-bond donors (Lipinski definition) is 2. The van der Waals surface area contributed by atoms with Crippen LogP contribution in [0.5, 0.6) is 5.75 Å². The van der Waals surface area contributed by atoms with Gasteiger partial charge >= 0.3 is 6.03 Å². The molecule has 1 heterocycles. The van der Waals surface area contributed by atoms with Gasteiger partial charge < -0.3 is 15.0 Å². The Morgan fingerprint density at radius 2 is 2.13 bits per heavy atom. The van der Waals surface area contributed by atoms with E-state index < -0.39 is 12.1 Å². The monoisotopic (exact) mass is 319 g/mol. The average molecular weight is 319 g/mol. The number of rotatable bonds is 7. The molecule has 1 aromatic carbocycles. The molecule has 0 aliphatic carbocycles. The molecule has 0 unspecified atom stereocenters. The third-order valence-electron chi connectivity index (χ3n) is 3.62. The zero-order valence-electron chi connectivity index (χ0n) is 13.3. The molecular formula is C16H21N3O4. The molecule has 1 aliphatic rings. The van der Waals surface area contributed by atoms with Crippen LogP contribution in [0.25, 0.3) is 0 Å². The standard InChI is InChI=1S/C16H21N3O4/c1-11-4-3-5-12(10-11)23-9-8-19(2)14(20)7-6-13-15(21)18-16(22)17-13/h3-5,10,13H,6-9H2,1-2H3,(H2,17,18,21,22)/t13-/m0/s1. The molecule has 7 nitrogen and oxygen atoms in total. The van der Waals surface area contributed by atoms with Gasteiger partial charge in [-0.25, -0.2) is 4.79 Å². The maximum Gasteiger partial charge on any atom is 0.322 e. The fraction of sp³-hybridized carbons (Fsp3) is 0.438. The van der Waals surface area contributed by atoms with Crippen LogP contribution in [-0.4, -0.2) is 49.0 Å². The molecule has 124 valence electrons. The highest BCUT2D eigenvalue weighted by atomic mass is 16.5. The van der Waals surface area contributed by atoms with Crippen molar-refractivity contribution in [1.29, 1.82) is 0 Å². The summed E-state index contributed by atoms with van der Waals surface area (Å²) in [6, 6.07) is 6.58. The van der Waals surface area contributed by atoms with Crippen molar-refractivity contribution in [2.24, 2.45) is 0 Å². The van der Waals surface area contributed by atoms with Gasteiger partial charge in [-0.2, -0.15) is 0 Å². The first-order chi connectivity index (χ1) is 11.0. The van der Waals surface area contributed by atoms with Crippen molar-refractivity contribution in [1.82, 2.24) is 15.5 Å². The summed E-state index contributed by atoms with van der Waals surface area (Å²) in [7, 11) is 1.69. The summed E-state index contributed by atoms with van der Waals surface area (Å²) in [6.45, 7) is 2.84. The van der Waals surface area contributed by atoms with E-state index in [4.69, 9.17) is 4.74 Å². The van der Waals surface area contributed by atoms with Crippen molar-refractivity contribution in [3.63, 3.8) is 0 Å². The maximum absolute atomic E-state index is 12.0. The van der Waals surface area contributed by atoms with E-state index >= 15 is 0 Å². The van der Waals surface area contributed by atoms with Crippen LogP contribution in [-0.2, 0) is 9.59 Å². The summed E-state index contributed by atoms with van der Waals surface area (Å²) in [5.74, 6) is 0.302. The second kappa shape index (κ2) is 7.62. The largest absolute Gasteiger partial charge is 0.492 e. The number of nitrogens with one attached hydrogen (secondary N) is 2. The number of hydrogen-bond acceptors (Lipinski definition) is 4. The van der Waals surface area contributed by atoms with E-state index in [9.17, 15) is 14.4 Å². The molecule has 23 heavy (non-hydrogen) atoms. The first-order valence-electron chi connectivity index (χ1n) is 7.50. The summed E-state index contributed by atoms with van der Waals surface area (Å²) in [5.41, 5.74) is 1.11. The van der Waals surface area contributed by atoms with Gasteiger partial charge in [0.25, 0.3) is 5.91 Å². The third-order valence-corrected chi connectivity index (χ3v) is 3.62. The molecule has 1 aromatic rings. The van der Waals surface area contributed by atoms with Gasteiger partial charge in [-0.3, -0.25) is 14.9 Å². The predicted octanol–water partition coefficient (Wildman–Crippen LogP) is 0.820. The lowest BCUT2D eigenvalue weighted by Crippen LogP contribution is -2.34. The Kier molecular flexibility index (Phi) is 5.56. The molecule has 1 saturated heterocycles. The first kappa shape index (κ1) is 16.8. The molecule has 0 radical (unpaired) electrons. The number of likely N-dealkylation sites (N-methyl/N-ethyl adjacent to an activating group) is 1. The highest BCUT2D eigenvalue weighted by Crippen LogP contribution is 2.12. The van der Waals surface area contributed by atoms with E-state index in [-0.39, 0.29) is 18.2 Å². The summed E-state index contributed by atoms with van der Waals surface area (Å²) in [4.78, 5) is 35.9. The predicted molar refractivity (Wildman–Crippen MR) is 84.0 cm³/mol. The fourth-order valence-corrected chi connectivity index (χ4v) is 2.25. The number of imide groups is 1. The van der Waals surface area contributed by atoms with Gasteiger partial charge in [-0.05, 0) is 31.0 Å². The van der Waals surface area contributed by atoms with Gasteiger partial charge in [0.2, 0.25) is 5.91 Å². The van der Waals surface area contributed by atoms with Crippen LogP contribution in [0.15, 0.2) is 24.3 Å². The molecule has 1 fully saturated rings. The number of carbonyl (C=O) groups excluding carboxylic acids is 3. The summed E-state index contributed by atoms with van der Waals surface area (Å²) in [5, 5.41) is 4.62. The van der Waals surface area contributed by atoms with Crippen LogP contribution >= 0.6 is 0 Å². The number of amides is 4. The topological polar surface area (TPSA) is 87.7 Å². The smallest absolute Gasteiger partial charge is 0.322 e. The van der Waals surface area contributed by atoms with Crippen molar-refractivity contribution < 1.29 is 19.1 Å². The normalized spacial score (nSPS) is 16.7. The Morgan fingerprint density at radius 1 is 1.35 bits per heavy atom. The number of urea groups is 1. The van der Waals surface area contributed by atoms with Crippen LogP contribution < -0.4 is 15.4 Å². The minimum absolute atomic E-state index is 0.0909. The number of benzene rings is 1. The molecule has 0 bridgehead atoms. The number of carbonyl (C=O) groups is 3. The van der Waals surface area contributed by atoms with Crippen LogP contribution in [0, 0.1) is 6.92 Å². The Balaban J connectivity index is 1.68. The maximum atomic E-state index is 12.0. The molecule has 2 N–H and O–H groups in total. The average Bonchev–Trinajstić information content (AvgIpc) is 2.82. The lowest BCUT2D eigenvalue weighted by Gasteiger charge is -2.18. The van der Waals surface area contributed by atoms with Crippen LogP contribution in [0.3, 0.4) is 0 Å². The van der Waals surface area contributed by atoms with Gasteiger partial charge in [-0.15, -0.1) is 0 Å². The Morgan fingerprint density at radius 3 is 2.78 bits per heavy atom. The van der Waals surface area contributed by atoms with Crippen molar-refractivity contribution in [3.8, 4) is 5.75 Å². The lowest BCUT2D eigenvalue weighted by molar-refractivity contribution is -0.130. The Labute approximate surface area is 135 Å². The number of ether oxygens (including phenoxy) is 1. The number of aryl methyl sites for hydroxylation is 1. The van der Waals surface area contributed by atoms with Gasteiger partial charge in [0.15, 0.2) is 0 Å². The highest BCUT2D eigenvalue weighted by Gasteiger charge is 2.29. The van der Waals surface area contributed by atoms with E-state index in [0.717, 1.165) is 11.3 Å². The van der Waals surface area contributed by atoms with Crippen LogP contribution in [0.1, 0.15) is 18.4 Å². The van der Waals surface area contributed by atoms with E-state index in [1.165, 1.54) is 0 Å². The summed E-state index contributed by atoms with van der Waals surface area (Å²) >= 11 is 0. The molecule has 1 atom stereocenters. The molecule has 1 aliphatic heterocycles. The molecule has 0 aromatic heterocycles. The minimum atomic E-state index is -0.622. The molecule has 0 spiro atoms. The van der Waals surface area contributed by atoms with Crippen molar-refractivity contribution >= 4 is 17.8 Å². The van der Waals surface area contributed by atoms with Crippen molar-refractivity contribution in [2.75, 3.05) is 20.2 Å². The summed E-state index contributed by atoms with van der Waals surface area (Å²) < 4.78 is 5.60. The molecule has 7 heteroatoms. The van der Waals surface area contributed by atoms with Crippen molar-refractivity contribution in [2.45, 2.75) is 25.8 Å². The van der Waals surface area contributed by atoms with E-state index in [2.05, 4.69) is 10.6 Å². The minimum Gasteiger partial charge on any atom is -0.492 e. The van der Waals surface area contributed by atoms with E-state index in [1.807, 2.05) is 31.2 Å². The molecular weight excluding hydrogens is 298 g/mol. The second-order valence-corrected chi connectivity index (χ2v) is 5.53. The SMILES string of the molecule is Cc1cccc(OCCN(C)C(=O)CC[C@@H]2NC(=O)NC2=O)c1. The zero-order valence-corrected chi connectivity index (χ0v) is 13.3. The zero-order chi connectivity index (χ0) is 16.8. The Hall–Kier alpha value is -2.57. The quantitative estimate of drug-likeness (QED) is 0.728. The van der Waals surface area contributed by atoms with Gasteiger partial charge in [0, 0.05) is 13.5 Å². The molecule has 4 amide bonds. The highest BCUT2D eigenvalue weighted by molar-refractivity contribution is 6.04. The van der Waals surface area contributed by atoms with Gasteiger partial charge in [-0.1, -0.05) is 12.1 Å². The van der Waals surface area contributed by atoms with Crippen LogP contribution in [0.2, 0.25) is 0 Å². The lowest BCUT2D eigenvalue weighted by atomic mass is 10.1. The second-order valence-electron chi connectivity index (χ2n) is 5.53. The summed E-state index contributed by atoms with van der Waals surface area (Å²) in [6.07, 6.45) is 0.485. The fourth-order valence-electron chi connectivity index (χ4n) is 2.25. The van der Waals surface area contributed by atoms with Crippen LogP contribution in [0.4, 0.5) is 4.79 Å². The first-order valence-corrected chi connectivity index (χ1v) is 7.50. The molecule has 0 saturated carbocycles. The van der Waals surface area contributed by atoms with Gasteiger partial charge in [0.1, 0.15) is 18.4 Å². The van der Waals surface area contributed by atoms with Crippen molar-refractivity contribution in [3.05, 3.63) is 29.8 Å². The number of nitrogens with zero attached hydrogens (tertiary/aromatic N) is 1. The molecule has 2 rings (SSSR count).